The van der Waals surface area contributed by atoms with Gasteiger partial charge in [0, 0.05) is 26.2 Å². The molecular weight excluding hydrogens is 306 g/mol. The van der Waals surface area contributed by atoms with Gasteiger partial charge in [-0.25, -0.2) is 8.78 Å². The van der Waals surface area contributed by atoms with Crippen LogP contribution in [0.5, 0.6) is 0 Å². The molecule has 1 atom stereocenters. The highest BCUT2D eigenvalue weighted by atomic mass is 19.1. The van der Waals surface area contributed by atoms with Crippen molar-refractivity contribution in [1.82, 2.24) is 9.80 Å². The van der Waals surface area contributed by atoms with E-state index in [1.54, 1.807) is 18.2 Å². The molecule has 0 saturated carbocycles. The van der Waals surface area contributed by atoms with Gasteiger partial charge < -0.3 is 4.90 Å². The molecule has 0 N–H and O–H groups in total. The molecule has 0 radical (unpaired) electrons. The van der Waals surface area contributed by atoms with Crippen molar-refractivity contribution in [2.45, 2.75) is 6.04 Å². The number of piperazine rings is 1. The smallest absolute Gasteiger partial charge is 0.123 e. The van der Waals surface area contributed by atoms with E-state index < -0.39 is 0 Å². The number of fused-ring (bicyclic) bond motifs is 1. The van der Waals surface area contributed by atoms with Gasteiger partial charge in [0.05, 0.1) is 6.04 Å². The first-order valence-electron chi connectivity index (χ1n) is 8.32. The fraction of sp³-hybridized carbons (Fsp3) is 0.300. The van der Waals surface area contributed by atoms with Crippen molar-refractivity contribution in [1.29, 1.82) is 0 Å². The molecular formula is C20H20F2N2. The largest absolute Gasteiger partial charge is 0.304 e. The van der Waals surface area contributed by atoms with Gasteiger partial charge >= 0.3 is 0 Å². The average Bonchev–Trinajstić information content (AvgIpc) is 2.95. The summed E-state index contributed by atoms with van der Waals surface area (Å²) in [5.41, 5.74) is 4.10. The average molecular weight is 326 g/mol. The fourth-order valence-corrected chi connectivity index (χ4v) is 3.64. The summed E-state index contributed by atoms with van der Waals surface area (Å²) in [4.78, 5) is 4.71. The monoisotopic (exact) mass is 326 g/mol. The highest BCUT2D eigenvalue weighted by Crippen LogP contribution is 2.41. The SMILES string of the molecule is CN1CCN(C2C=C(c3ccc(F)cc3)c3ccc(F)cc32)CC1. The highest BCUT2D eigenvalue weighted by Gasteiger charge is 2.30. The maximum absolute atomic E-state index is 13.8. The van der Waals surface area contributed by atoms with Crippen LogP contribution in [-0.2, 0) is 0 Å². The van der Waals surface area contributed by atoms with E-state index in [1.807, 2.05) is 6.07 Å². The van der Waals surface area contributed by atoms with Gasteiger partial charge in [-0.15, -0.1) is 0 Å². The van der Waals surface area contributed by atoms with Gasteiger partial charge in [0.15, 0.2) is 0 Å². The Kier molecular flexibility index (Phi) is 3.94. The summed E-state index contributed by atoms with van der Waals surface area (Å²) in [7, 11) is 2.12. The Labute approximate surface area is 141 Å². The third-order valence-corrected chi connectivity index (χ3v) is 5.03. The van der Waals surface area contributed by atoms with Crippen LogP contribution in [0.2, 0.25) is 0 Å². The zero-order valence-electron chi connectivity index (χ0n) is 13.7. The van der Waals surface area contributed by atoms with Crippen LogP contribution >= 0.6 is 0 Å². The Morgan fingerprint density at radius 3 is 2.25 bits per heavy atom. The second-order valence-electron chi connectivity index (χ2n) is 6.60. The zero-order chi connectivity index (χ0) is 16.7. The van der Waals surface area contributed by atoms with Crippen molar-refractivity contribution in [2.24, 2.45) is 0 Å². The van der Waals surface area contributed by atoms with Gasteiger partial charge in [-0.3, -0.25) is 4.90 Å². The molecule has 0 amide bonds. The Balaban J connectivity index is 1.74. The maximum atomic E-state index is 13.8. The molecule has 1 aliphatic heterocycles. The first-order valence-corrected chi connectivity index (χ1v) is 8.32. The van der Waals surface area contributed by atoms with E-state index in [-0.39, 0.29) is 17.7 Å². The standard InChI is InChI=1S/C20H20F2N2/c1-23-8-10-24(11-9-23)20-13-18(14-2-4-15(21)5-3-14)17-7-6-16(22)12-19(17)20/h2-7,12-13,20H,8-11H2,1H3. The Hall–Kier alpha value is -2.04. The molecule has 0 spiro atoms. The molecule has 124 valence electrons. The minimum absolute atomic E-state index is 0.0875. The molecule has 1 unspecified atom stereocenters. The van der Waals surface area contributed by atoms with Crippen LogP contribution in [0, 0.1) is 11.6 Å². The summed E-state index contributed by atoms with van der Waals surface area (Å²) >= 11 is 0. The van der Waals surface area contributed by atoms with Gasteiger partial charge in [0.25, 0.3) is 0 Å². The number of hydrogen-bond acceptors (Lipinski definition) is 2. The number of nitrogens with zero attached hydrogens (tertiary/aromatic N) is 2. The van der Waals surface area contributed by atoms with Gasteiger partial charge in [-0.05, 0) is 53.6 Å². The van der Waals surface area contributed by atoms with Crippen molar-refractivity contribution >= 4 is 5.57 Å². The lowest BCUT2D eigenvalue weighted by molar-refractivity contribution is 0.131. The topological polar surface area (TPSA) is 6.48 Å². The van der Waals surface area contributed by atoms with Crippen LogP contribution in [0.15, 0.2) is 48.5 Å². The molecule has 0 bridgehead atoms. The van der Waals surface area contributed by atoms with Crippen LogP contribution in [0.3, 0.4) is 0 Å². The molecule has 1 heterocycles. The molecule has 0 aromatic heterocycles. The van der Waals surface area contributed by atoms with Gasteiger partial charge in [0.1, 0.15) is 11.6 Å². The summed E-state index contributed by atoms with van der Waals surface area (Å²) in [5, 5.41) is 0. The minimum atomic E-state index is -0.243. The Morgan fingerprint density at radius 2 is 1.54 bits per heavy atom. The number of benzene rings is 2. The zero-order valence-corrected chi connectivity index (χ0v) is 13.7. The van der Waals surface area contributed by atoms with Gasteiger partial charge in [-0.1, -0.05) is 24.3 Å². The molecule has 4 heteroatoms. The van der Waals surface area contributed by atoms with Crippen LogP contribution in [0.1, 0.15) is 22.7 Å². The lowest BCUT2D eigenvalue weighted by Crippen LogP contribution is -2.45. The second-order valence-corrected chi connectivity index (χ2v) is 6.60. The van der Waals surface area contributed by atoms with E-state index in [2.05, 4.69) is 22.9 Å². The van der Waals surface area contributed by atoms with Crippen molar-refractivity contribution in [3.63, 3.8) is 0 Å². The summed E-state index contributed by atoms with van der Waals surface area (Å²) in [6, 6.07) is 11.6. The van der Waals surface area contributed by atoms with Gasteiger partial charge in [-0.2, -0.15) is 0 Å². The van der Waals surface area contributed by atoms with E-state index >= 15 is 0 Å². The summed E-state index contributed by atoms with van der Waals surface area (Å²) in [5.74, 6) is -0.450. The van der Waals surface area contributed by atoms with E-state index in [0.29, 0.717) is 0 Å². The van der Waals surface area contributed by atoms with Crippen LogP contribution in [0.25, 0.3) is 5.57 Å². The summed E-state index contributed by atoms with van der Waals surface area (Å²) in [6.45, 7) is 3.95. The highest BCUT2D eigenvalue weighted by molar-refractivity contribution is 5.85. The molecule has 1 fully saturated rings. The molecule has 2 aromatic rings. The fourth-order valence-electron chi connectivity index (χ4n) is 3.64. The van der Waals surface area contributed by atoms with E-state index in [4.69, 9.17) is 0 Å². The molecule has 1 aliphatic carbocycles. The van der Waals surface area contributed by atoms with Crippen LogP contribution in [0.4, 0.5) is 8.78 Å². The van der Waals surface area contributed by atoms with Crippen molar-refractivity contribution < 1.29 is 8.78 Å². The number of rotatable bonds is 2. The van der Waals surface area contributed by atoms with Crippen molar-refractivity contribution in [2.75, 3.05) is 33.2 Å². The number of likely N-dealkylation sites (N-methyl/N-ethyl adjacent to an activating group) is 1. The summed E-state index contributed by atoms with van der Waals surface area (Å²) < 4.78 is 27.1. The molecule has 1 saturated heterocycles. The first kappa shape index (κ1) is 15.5. The van der Waals surface area contributed by atoms with Crippen molar-refractivity contribution in [3.05, 3.63) is 76.9 Å². The molecule has 2 aliphatic rings. The van der Waals surface area contributed by atoms with Crippen molar-refractivity contribution in [3.8, 4) is 0 Å². The maximum Gasteiger partial charge on any atom is 0.123 e. The summed E-state index contributed by atoms with van der Waals surface area (Å²) in [6.07, 6.45) is 2.20. The molecule has 4 rings (SSSR count). The number of halogens is 2. The normalized spacial score (nSPS) is 21.6. The minimum Gasteiger partial charge on any atom is -0.304 e. The molecule has 24 heavy (non-hydrogen) atoms. The lowest BCUT2D eigenvalue weighted by Gasteiger charge is -2.36. The predicted molar refractivity (Wildman–Crippen MR) is 91.7 cm³/mol. The van der Waals surface area contributed by atoms with E-state index in [9.17, 15) is 8.78 Å². The second kappa shape index (κ2) is 6.11. The first-order chi connectivity index (χ1) is 11.6. The molecule has 2 nitrogen and oxygen atoms in total. The van der Waals surface area contributed by atoms with E-state index in [1.165, 1.54) is 18.2 Å². The van der Waals surface area contributed by atoms with Gasteiger partial charge in [0.2, 0.25) is 0 Å². The third-order valence-electron chi connectivity index (χ3n) is 5.03. The Bertz CT molecular complexity index is 775. The third kappa shape index (κ3) is 2.76. The number of hydrogen-bond donors (Lipinski definition) is 0. The lowest BCUT2D eigenvalue weighted by atomic mass is 9.98. The van der Waals surface area contributed by atoms with Crippen LogP contribution < -0.4 is 0 Å². The molecule has 2 aromatic carbocycles. The van der Waals surface area contributed by atoms with E-state index in [0.717, 1.165) is 48.4 Å². The van der Waals surface area contributed by atoms with Crippen LogP contribution in [-0.4, -0.2) is 43.0 Å². The predicted octanol–water partition coefficient (Wildman–Crippen LogP) is 3.70. The quantitative estimate of drug-likeness (QED) is 0.830. The Morgan fingerprint density at radius 1 is 0.875 bits per heavy atom.